The number of aromatic nitrogens is 1. The van der Waals surface area contributed by atoms with E-state index in [4.69, 9.17) is 11.5 Å². The van der Waals surface area contributed by atoms with E-state index >= 15 is 0 Å². The molecule has 3 amide bonds. The van der Waals surface area contributed by atoms with Crippen LogP contribution in [0.4, 0.5) is 0 Å². The van der Waals surface area contributed by atoms with Gasteiger partial charge < -0.3 is 37.5 Å². The minimum atomic E-state index is -1.16. The summed E-state index contributed by atoms with van der Waals surface area (Å²) in [6, 6.07) is 3.70. The van der Waals surface area contributed by atoms with Crippen LogP contribution in [0.15, 0.2) is 30.5 Å². The van der Waals surface area contributed by atoms with Crippen molar-refractivity contribution in [3.05, 3.63) is 36.0 Å². The van der Waals surface area contributed by atoms with Gasteiger partial charge in [-0.05, 0) is 61.8 Å². The Morgan fingerprint density at radius 3 is 2.28 bits per heavy atom. The topological polar surface area (TPSA) is 192 Å². The lowest BCUT2D eigenvalue weighted by atomic mass is 10.0. The Morgan fingerprint density at radius 1 is 0.974 bits per heavy atom. The van der Waals surface area contributed by atoms with E-state index in [0.29, 0.717) is 31.6 Å². The maximum absolute atomic E-state index is 13.6. The number of nitrogens with one attached hydrogen (secondary N) is 4. The highest BCUT2D eigenvalue weighted by atomic mass is 32.2. The fourth-order valence-corrected chi connectivity index (χ4v) is 4.68. The normalized spacial score (nSPS) is 14.4. The van der Waals surface area contributed by atoms with Gasteiger partial charge in [0.25, 0.3) is 0 Å². The van der Waals surface area contributed by atoms with Crippen LogP contribution in [-0.2, 0) is 25.6 Å². The molecule has 0 aliphatic heterocycles. The molecule has 2 aromatic rings. The second-order valence-corrected chi connectivity index (χ2v) is 10.9. The maximum Gasteiger partial charge on any atom is 0.326 e. The summed E-state index contributed by atoms with van der Waals surface area (Å²) in [7, 11) is 0. The monoisotopic (exact) mass is 562 g/mol. The molecule has 0 aliphatic carbocycles. The lowest BCUT2D eigenvalue weighted by Gasteiger charge is -2.26. The van der Waals surface area contributed by atoms with Gasteiger partial charge in [0.15, 0.2) is 0 Å². The van der Waals surface area contributed by atoms with Crippen LogP contribution in [0.25, 0.3) is 10.9 Å². The summed E-state index contributed by atoms with van der Waals surface area (Å²) in [6.07, 6.45) is 5.76. The first-order valence-electron chi connectivity index (χ1n) is 13.2. The average molecular weight is 563 g/mol. The van der Waals surface area contributed by atoms with Gasteiger partial charge in [-0.2, -0.15) is 11.8 Å². The van der Waals surface area contributed by atoms with Crippen molar-refractivity contribution in [1.29, 1.82) is 0 Å². The molecule has 4 unspecified atom stereocenters. The van der Waals surface area contributed by atoms with Crippen LogP contribution in [0, 0.1) is 5.92 Å². The minimum Gasteiger partial charge on any atom is -0.480 e. The van der Waals surface area contributed by atoms with Gasteiger partial charge in [-0.15, -0.1) is 0 Å². The molecule has 39 heavy (non-hydrogen) atoms. The predicted octanol–water partition coefficient (Wildman–Crippen LogP) is 1.11. The van der Waals surface area contributed by atoms with E-state index in [1.165, 1.54) is 0 Å². The second-order valence-electron chi connectivity index (χ2n) is 9.93. The zero-order valence-corrected chi connectivity index (χ0v) is 23.7. The van der Waals surface area contributed by atoms with Crippen LogP contribution >= 0.6 is 11.8 Å². The zero-order chi connectivity index (χ0) is 28.9. The fraction of sp³-hybridized carbons (Fsp3) is 0.556. The number of H-pyrrole nitrogens is 1. The maximum atomic E-state index is 13.6. The summed E-state index contributed by atoms with van der Waals surface area (Å²) >= 11 is 1.57. The lowest BCUT2D eigenvalue weighted by Crippen LogP contribution is -2.58. The van der Waals surface area contributed by atoms with Crippen molar-refractivity contribution in [2.24, 2.45) is 17.4 Å². The molecule has 216 valence electrons. The highest BCUT2D eigenvalue weighted by Crippen LogP contribution is 2.19. The quantitative estimate of drug-likeness (QED) is 0.139. The third kappa shape index (κ3) is 9.86. The van der Waals surface area contributed by atoms with Gasteiger partial charge in [-0.25, -0.2) is 4.79 Å². The number of aromatic amines is 1. The summed E-state index contributed by atoms with van der Waals surface area (Å²) < 4.78 is 0. The summed E-state index contributed by atoms with van der Waals surface area (Å²) in [5.74, 6) is -2.44. The molecule has 2 rings (SSSR count). The first kappa shape index (κ1) is 32.1. The van der Waals surface area contributed by atoms with Crippen molar-refractivity contribution in [1.82, 2.24) is 20.9 Å². The summed E-state index contributed by atoms with van der Waals surface area (Å²) in [5.41, 5.74) is 13.4. The number of unbranched alkanes of at least 4 members (excludes halogenated alkanes) is 1. The van der Waals surface area contributed by atoms with Gasteiger partial charge in [0.05, 0.1) is 6.04 Å². The number of aliphatic carboxylic acids is 1. The highest BCUT2D eigenvalue weighted by Gasteiger charge is 2.31. The van der Waals surface area contributed by atoms with Crippen LogP contribution in [0.2, 0.25) is 0 Å². The smallest absolute Gasteiger partial charge is 0.326 e. The van der Waals surface area contributed by atoms with E-state index in [0.717, 1.165) is 16.5 Å². The van der Waals surface area contributed by atoms with Crippen molar-refractivity contribution < 1.29 is 24.3 Å². The molecule has 0 spiro atoms. The second kappa shape index (κ2) is 16.1. The largest absolute Gasteiger partial charge is 0.480 e. The van der Waals surface area contributed by atoms with E-state index in [2.05, 4.69) is 20.9 Å². The predicted molar refractivity (Wildman–Crippen MR) is 154 cm³/mol. The summed E-state index contributed by atoms with van der Waals surface area (Å²) in [4.78, 5) is 54.4. The Hall–Kier alpha value is -3.09. The van der Waals surface area contributed by atoms with Gasteiger partial charge in [-0.3, -0.25) is 14.4 Å². The van der Waals surface area contributed by atoms with Gasteiger partial charge in [-0.1, -0.05) is 32.0 Å². The number of rotatable bonds is 17. The van der Waals surface area contributed by atoms with Crippen LogP contribution in [-0.4, -0.2) is 76.5 Å². The standard InChI is InChI=1S/C27H42N6O5S/c1-16(2)23(27(37)38)33-25(35)21(10-6-7-12-28)31-26(36)22(32-24(34)19(29)11-13-39-3)14-17-15-30-20-9-5-4-8-18(17)20/h4-5,8-9,15-16,19,21-23,30H,6-7,10-14,28-29H2,1-3H3,(H,31,36)(H,32,34)(H,33,35)(H,37,38). The summed E-state index contributed by atoms with van der Waals surface area (Å²) in [6.45, 7) is 3.79. The number of thioether (sulfide) groups is 1. The molecule has 0 saturated carbocycles. The molecule has 0 bridgehead atoms. The Kier molecular flexibility index (Phi) is 13.3. The molecule has 1 aromatic heterocycles. The zero-order valence-electron chi connectivity index (χ0n) is 22.9. The SMILES string of the molecule is CSCCC(N)C(=O)NC(Cc1c[nH]c2ccccc12)C(=O)NC(CCCCN)C(=O)NC(C(=O)O)C(C)C. The first-order chi connectivity index (χ1) is 18.6. The van der Waals surface area contributed by atoms with Crippen molar-refractivity contribution in [3.63, 3.8) is 0 Å². The number of carboxylic acids is 1. The van der Waals surface area contributed by atoms with E-state index in [1.807, 2.05) is 30.5 Å². The minimum absolute atomic E-state index is 0.164. The third-order valence-electron chi connectivity index (χ3n) is 6.51. The number of carboxylic acid groups (broad SMARTS) is 1. The lowest BCUT2D eigenvalue weighted by molar-refractivity contribution is -0.143. The Balaban J connectivity index is 2.29. The highest BCUT2D eigenvalue weighted by molar-refractivity contribution is 7.98. The van der Waals surface area contributed by atoms with E-state index in [9.17, 15) is 24.3 Å². The molecule has 1 heterocycles. The Bertz CT molecular complexity index is 1110. The molecule has 0 radical (unpaired) electrons. The van der Waals surface area contributed by atoms with Crippen LogP contribution < -0.4 is 27.4 Å². The van der Waals surface area contributed by atoms with Gasteiger partial charge in [0, 0.05) is 23.5 Å². The number of fused-ring (bicyclic) bond motifs is 1. The molecular formula is C27H42N6O5S. The molecule has 0 fully saturated rings. The van der Waals surface area contributed by atoms with Crippen LogP contribution in [0.3, 0.4) is 0 Å². The number of para-hydroxylation sites is 1. The van der Waals surface area contributed by atoms with Gasteiger partial charge in [0.2, 0.25) is 17.7 Å². The van der Waals surface area contributed by atoms with Crippen LogP contribution in [0.5, 0.6) is 0 Å². The number of hydrogen-bond donors (Lipinski definition) is 7. The van der Waals surface area contributed by atoms with E-state index < -0.39 is 47.9 Å². The van der Waals surface area contributed by atoms with Crippen LogP contribution in [0.1, 0.15) is 45.1 Å². The van der Waals surface area contributed by atoms with Crippen molar-refractivity contribution in [2.45, 2.75) is 70.1 Å². The number of carbonyl (C=O) groups excluding carboxylic acids is 3. The molecule has 4 atom stereocenters. The number of nitrogens with two attached hydrogens (primary N) is 2. The number of amides is 3. The molecular weight excluding hydrogens is 520 g/mol. The fourth-order valence-electron chi connectivity index (χ4n) is 4.19. The van der Waals surface area contributed by atoms with Crippen molar-refractivity contribution >= 4 is 46.4 Å². The average Bonchev–Trinajstić information content (AvgIpc) is 3.31. The van der Waals surface area contributed by atoms with Crippen molar-refractivity contribution in [2.75, 3.05) is 18.6 Å². The molecule has 11 nitrogen and oxygen atoms in total. The Labute approximate surface area is 233 Å². The van der Waals surface area contributed by atoms with E-state index in [-0.39, 0.29) is 18.8 Å². The van der Waals surface area contributed by atoms with Gasteiger partial charge >= 0.3 is 5.97 Å². The Morgan fingerprint density at radius 2 is 1.64 bits per heavy atom. The molecule has 0 aliphatic rings. The first-order valence-corrected chi connectivity index (χ1v) is 14.6. The number of carbonyl (C=O) groups is 4. The number of hydrogen-bond acceptors (Lipinski definition) is 7. The number of benzene rings is 1. The van der Waals surface area contributed by atoms with E-state index in [1.54, 1.807) is 31.8 Å². The van der Waals surface area contributed by atoms with Crippen molar-refractivity contribution in [3.8, 4) is 0 Å². The molecule has 1 aromatic carbocycles. The molecule has 12 heteroatoms. The summed E-state index contributed by atoms with van der Waals surface area (Å²) in [5, 5.41) is 18.5. The van der Waals surface area contributed by atoms with Gasteiger partial charge in [0.1, 0.15) is 18.1 Å². The molecule has 9 N–H and O–H groups in total. The third-order valence-corrected chi connectivity index (χ3v) is 7.16. The molecule has 0 saturated heterocycles.